The number of halogens is 5. The van der Waals surface area contributed by atoms with Crippen molar-refractivity contribution < 1.29 is 31.5 Å². The first-order valence-corrected chi connectivity index (χ1v) is 11.9. The number of rotatable bonds is 9. The van der Waals surface area contributed by atoms with E-state index in [2.05, 4.69) is 35.3 Å². The summed E-state index contributed by atoms with van der Waals surface area (Å²) in [6.45, 7) is 7.12. The predicted molar refractivity (Wildman–Crippen MR) is 132 cm³/mol. The summed E-state index contributed by atoms with van der Waals surface area (Å²) in [5.41, 5.74) is 2.42. The molecule has 0 saturated heterocycles. The number of aromatic nitrogens is 1. The Labute approximate surface area is 216 Å². The molecule has 37 heavy (non-hydrogen) atoms. The molecule has 1 aromatic rings. The summed E-state index contributed by atoms with van der Waals surface area (Å²) in [4.78, 5) is 26.0. The Morgan fingerprint density at radius 2 is 1.89 bits per heavy atom. The van der Waals surface area contributed by atoms with Crippen LogP contribution in [0.4, 0.5) is 22.0 Å². The molecule has 3 rings (SSSR count). The number of hydrogen-bond acceptors (Lipinski definition) is 5. The van der Waals surface area contributed by atoms with Crippen molar-refractivity contribution in [3.05, 3.63) is 64.9 Å². The van der Waals surface area contributed by atoms with Gasteiger partial charge in [0.15, 0.2) is 17.5 Å². The smallest absolute Gasteiger partial charge is 0.257 e. The van der Waals surface area contributed by atoms with Crippen molar-refractivity contribution in [2.75, 3.05) is 0 Å². The van der Waals surface area contributed by atoms with Crippen molar-refractivity contribution >= 4 is 30.0 Å². The lowest BCUT2D eigenvalue weighted by molar-refractivity contribution is -0.145. The Hall–Kier alpha value is -2.90. The molecule has 7 nitrogen and oxygen atoms in total. The van der Waals surface area contributed by atoms with Gasteiger partial charge in [0.1, 0.15) is 0 Å². The minimum absolute atomic E-state index is 0.0414. The molecule has 1 fully saturated rings. The number of hydrogen-bond donors (Lipinski definition) is 5. The van der Waals surface area contributed by atoms with E-state index in [0.717, 1.165) is 12.3 Å². The van der Waals surface area contributed by atoms with E-state index < -0.39 is 59.0 Å². The van der Waals surface area contributed by atoms with Crippen LogP contribution in [-0.2, 0) is 17.8 Å². The number of nitrogens with zero attached hydrogens (tertiary/aromatic N) is 1. The van der Waals surface area contributed by atoms with Crippen LogP contribution < -0.4 is 21.9 Å². The number of carbonyl (C=O) groups is 2. The fraction of sp³-hybridized carbons (Fsp3) is 0.417. The van der Waals surface area contributed by atoms with Gasteiger partial charge >= 0.3 is 0 Å². The highest BCUT2D eigenvalue weighted by molar-refractivity contribution is 7.81. The molecule has 1 aromatic heterocycles. The average molecular weight is 546 g/mol. The van der Waals surface area contributed by atoms with Gasteiger partial charge in [0.05, 0.1) is 27.7 Å². The summed E-state index contributed by atoms with van der Waals surface area (Å²) >= 11 is 4.19. The minimum atomic E-state index is -2.98. The molecule has 1 aliphatic carbocycles. The van der Waals surface area contributed by atoms with Gasteiger partial charge in [-0.3, -0.25) is 15.4 Å². The Morgan fingerprint density at radius 1 is 1.24 bits per heavy atom. The lowest BCUT2D eigenvalue weighted by Gasteiger charge is -2.50. The number of fused-ring (bicyclic) bond motifs is 1. The highest BCUT2D eigenvalue weighted by atomic mass is 32.1. The van der Waals surface area contributed by atoms with Gasteiger partial charge in [0.25, 0.3) is 17.7 Å². The topological polar surface area (TPSA) is 101 Å². The van der Waals surface area contributed by atoms with Crippen LogP contribution in [0.3, 0.4) is 0 Å². The van der Waals surface area contributed by atoms with Gasteiger partial charge in [-0.1, -0.05) is 6.58 Å². The summed E-state index contributed by atoms with van der Waals surface area (Å²) < 4.78 is 69.6. The highest BCUT2D eigenvalue weighted by Gasteiger charge is 2.60. The van der Waals surface area contributed by atoms with Gasteiger partial charge in [-0.15, -0.1) is 0 Å². The molecule has 1 atom stereocenters. The van der Waals surface area contributed by atoms with Crippen molar-refractivity contribution in [3.8, 4) is 0 Å². The zero-order chi connectivity index (χ0) is 27.7. The van der Waals surface area contributed by atoms with Gasteiger partial charge in [0, 0.05) is 31.3 Å². The average Bonchev–Trinajstić information content (AvgIpc) is 3.39. The standard InChI is InChI=1S/C24H28F5N5O2S/c1-4-14(25)18(27)15(26)7-8-31-21(36)17-12(2)19(34-9-5-6-16(17)34)13(3)20(35)32-23(22(37)33-30)10-24(28,29)11-23/h4,7-8,22,33,37H,3,5-6,9-11,30H2,1-2H3,(H,31,36)(H,32,35)/b8-7+,14-4+,18-15-. The van der Waals surface area contributed by atoms with Crippen LogP contribution in [0, 0.1) is 6.92 Å². The molecule has 1 saturated carbocycles. The van der Waals surface area contributed by atoms with Gasteiger partial charge in [-0.2, -0.15) is 12.6 Å². The van der Waals surface area contributed by atoms with E-state index in [1.54, 1.807) is 11.5 Å². The number of alkyl halides is 2. The molecule has 0 bridgehead atoms. The van der Waals surface area contributed by atoms with Gasteiger partial charge < -0.3 is 15.2 Å². The molecule has 1 aliphatic heterocycles. The SMILES string of the molecule is C=C(C(=O)NC1(C(S)NN)CC(F)(F)C1)c1c(C)c(C(=O)N/C=C/C(F)=C(F)\C(F)=C/C)c2n1CCC2. The lowest BCUT2D eigenvalue weighted by atomic mass is 9.72. The second-order valence-electron chi connectivity index (χ2n) is 9.02. The molecule has 0 radical (unpaired) electrons. The molecular weight excluding hydrogens is 517 g/mol. The first-order valence-electron chi connectivity index (χ1n) is 11.4. The third kappa shape index (κ3) is 5.53. The second kappa shape index (κ2) is 10.8. The van der Waals surface area contributed by atoms with E-state index in [-0.39, 0.29) is 11.1 Å². The van der Waals surface area contributed by atoms with Crippen LogP contribution in [0.25, 0.3) is 5.57 Å². The van der Waals surface area contributed by atoms with E-state index in [1.807, 2.05) is 0 Å². The van der Waals surface area contributed by atoms with E-state index in [1.165, 1.54) is 6.92 Å². The van der Waals surface area contributed by atoms with Crippen molar-refractivity contribution in [3.63, 3.8) is 0 Å². The maximum atomic E-state index is 13.7. The van der Waals surface area contributed by atoms with Crippen molar-refractivity contribution in [1.29, 1.82) is 0 Å². The molecule has 2 heterocycles. The highest BCUT2D eigenvalue weighted by Crippen LogP contribution is 2.48. The Bertz CT molecular complexity index is 1210. The van der Waals surface area contributed by atoms with Crippen molar-refractivity contribution in [2.45, 2.75) is 62.9 Å². The molecule has 1 unspecified atom stereocenters. The van der Waals surface area contributed by atoms with Crippen LogP contribution >= 0.6 is 12.6 Å². The zero-order valence-electron chi connectivity index (χ0n) is 20.2. The Morgan fingerprint density at radius 3 is 2.46 bits per heavy atom. The monoisotopic (exact) mass is 545 g/mol. The number of nitrogens with two attached hydrogens (primary N) is 1. The fourth-order valence-electron chi connectivity index (χ4n) is 4.78. The van der Waals surface area contributed by atoms with Crippen LogP contribution in [0.1, 0.15) is 53.5 Å². The summed E-state index contributed by atoms with van der Waals surface area (Å²) in [5, 5.41) is 3.96. The first kappa shape index (κ1) is 28.7. The minimum Gasteiger partial charge on any atom is -0.344 e. The number of hydrazine groups is 1. The van der Waals surface area contributed by atoms with Crippen LogP contribution in [0.15, 0.2) is 42.4 Å². The zero-order valence-corrected chi connectivity index (χ0v) is 21.1. The number of thiol groups is 1. The van der Waals surface area contributed by atoms with E-state index in [0.29, 0.717) is 42.4 Å². The summed E-state index contributed by atoms with van der Waals surface area (Å²) in [6, 6.07) is 0. The Kier molecular flexibility index (Phi) is 8.40. The number of carbonyl (C=O) groups excluding carboxylic acids is 2. The molecule has 2 aliphatic rings. The fourth-order valence-corrected chi connectivity index (χ4v) is 5.02. The molecule has 0 spiro atoms. The van der Waals surface area contributed by atoms with Crippen LogP contribution in [0.5, 0.6) is 0 Å². The molecule has 0 aromatic carbocycles. The summed E-state index contributed by atoms with van der Waals surface area (Å²) in [7, 11) is 0. The van der Waals surface area contributed by atoms with Crippen molar-refractivity contribution in [1.82, 2.24) is 20.6 Å². The molecule has 13 heteroatoms. The summed E-state index contributed by atoms with van der Waals surface area (Å²) in [6.07, 6.45) is 2.02. The molecular formula is C24H28F5N5O2S. The molecule has 5 N–H and O–H groups in total. The number of nitrogens with one attached hydrogen (secondary N) is 3. The first-order chi connectivity index (χ1) is 17.3. The maximum absolute atomic E-state index is 13.7. The normalized spacial score (nSPS) is 19.6. The van der Waals surface area contributed by atoms with E-state index in [9.17, 15) is 31.5 Å². The third-order valence-corrected chi connectivity index (χ3v) is 7.15. The van der Waals surface area contributed by atoms with Crippen LogP contribution in [-0.4, -0.2) is 33.2 Å². The largest absolute Gasteiger partial charge is 0.344 e. The van der Waals surface area contributed by atoms with Gasteiger partial charge in [-0.05, 0) is 44.4 Å². The molecule has 202 valence electrons. The van der Waals surface area contributed by atoms with E-state index in [4.69, 9.17) is 5.84 Å². The number of allylic oxidation sites excluding steroid dienone is 5. The van der Waals surface area contributed by atoms with Crippen molar-refractivity contribution in [2.24, 2.45) is 5.84 Å². The predicted octanol–water partition coefficient (Wildman–Crippen LogP) is 4.03. The summed E-state index contributed by atoms with van der Waals surface area (Å²) in [5.74, 6) is -3.56. The van der Waals surface area contributed by atoms with Gasteiger partial charge in [-0.25, -0.2) is 27.4 Å². The quantitative estimate of drug-likeness (QED) is 0.0616. The Balaban J connectivity index is 1.85. The van der Waals surface area contributed by atoms with E-state index >= 15 is 0 Å². The van der Waals surface area contributed by atoms with Gasteiger partial charge in [0.2, 0.25) is 0 Å². The van der Waals surface area contributed by atoms with Crippen LogP contribution in [0.2, 0.25) is 0 Å². The lowest BCUT2D eigenvalue weighted by Crippen LogP contribution is -2.70. The molecule has 2 amide bonds. The number of amides is 2. The second-order valence-corrected chi connectivity index (χ2v) is 9.54. The third-order valence-electron chi connectivity index (χ3n) is 6.51. The maximum Gasteiger partial charge on any atom is 0.257 e.